The van der Waals surface area contributed by atoms with Gasteiger partial charge in [-0.2, -0.15) is 13.2 Å². The Morgan fingerprint density at radius 1 is 1.07 bits per heavy atom. The molecule has 0 spiro atoms. The summed E-state index contributed by atoms with van der Waals surface area (Å²) < 4.78 is 47.5. The molecular formula is C31H37F3N6O. The van der Waals surface area contributed by atoms with Crippen LogP contribution < -0.4 is 5.69 Å². The second-order valence-electron chi connectivity index (χ2n) is 12.2. The highest BCUT2D eigenvalue weighted by Gasteiger charge is 2.36. The normalized spacial score (nSPS) is 19.6. The van der Waals surface area contributed by atoms with E-state index in [-0.39, 0.29) is 17.5 Å². The Morgan fingerprint density at radius 2 is 1.88 bits per heavy atom. The lowest BCUT2D eigenvalue weighted by Crippen LogP contribution is -2.34. The van der Waals surface area contributed by atoms with Crippen molar-refractivity contribution in [2.24, 2.45) is 11.8 Å². The summed E-state index contributed by atoms with van der Waals surface area (Å²) in [5.74, 6) is 1.77. The van der Waals surface area contributed by atoms with Crippen LogP contribution in [0.5, 0.6) is 0 Å². The van der Waals surface area contributed by atoms with Crippen LogP contribution in [-0.4, -0.2) is 41.7 Å². The Labute approximate surface area is 237 Å². The SMILES string of the molecule is CC(C)n1cnnc1C(c1cccc(-n2cc3c(C(F)(F)F)cc(CN4CCC[C@H](C)C4)cn3c2=O)c1)C1CCC1. The fourth-order valence-corrected chi connectivity index (χ4v) is 6.58. The van der Waals surface area contributed by atoms with Crippen molar-refractivity contribution in [3.05, 3.63) is 82.1 Å². The number of pyridine rings is 1. The van der Waals surface area contributed by atoms with Crippen LogP contribution in [0.2, 0.25) is 0 Å². The number of hydrogen-bond acceptors (Lipinski definition) is 4. The van der Waals surface area contributed by atoms with Crippen molar-refractivity contribution in [2.75, 3.05) is 13.1 Å². The van der Waals surface area contributed by atoms with E-state index in [1.54, 1.807) is 18.6 Å². The van der Waals surface area contributed by atoms with E-state index in [0.717, 1.165) is 61.0 Å². The summed E-state index contributed by atoms with van der Waals surface area (Å²) in [5.41, 5.74) is 0.576. The molecule has 6 rings (SSSR count). The minimum atomic E-state index is -4.59. The molecule has 1 aliphatic heterocycles. The number of rotatable bonds is 7. The van der Waals surface area contributed by atoms with Crippen molar-refractivity contribution >= 4 is 5.52 Å². The third kappa shape index (κ3) is 5.34. The Bertz CT molecular complexity index is 1600. The summed E-state index contributed by atoms with van der Waals surface area (Å²) in [6.07, 6.45) is 5.52. The summed E-state index contributed by atoms with van der Waals surface area (Å²) in [7, 11) is 0. The van der Waals surface area contributed by atoms with Crippen LogP contribution >= 0.6 is 0 Å². The van der Waals surface area contributed by atoms with Crippen molar-refractivity contribution in [2.45, 2.75) is 77.6 Å². The van der Waals surface area contributed by atoms with E-state index in [9.17, 15) is 18.0 Å². The van der Waals surface area contributed by atoms with Gasteiger partial charge in [0.05, 0.1) is 16.8 Å². The summed E-state index contributed by atoms with van der Waals surface area (Å²) in [4.78, 5) is 15.9. The van der Waals surface area contributed by atoms with Crippen molar-refractivity contribution < 1.29 is 13.2 Å². The molecule has 0 radical (unpaired) electrons. The van der Waals surface area contributed by atoms with Crippen LogP contribution in [0, 0.1) is 11.8 Å². The van der Waals surface area contributed by atoms with Crippen molar-refractivity contribution in [1.29, 1.82) is 0 Å². The quantitative estimate of drug-likeness (QED) is 0.258. The molecule has 2 aliphatic rings. The number of piperidine rings is 1. The smallest absolute Gasteiger partial charge is 0.315 e. The molecule has 218 valence electrons. The fraction of sp³-hybridized carbons (Fsp3) is 0.516. The lowest BCUT2D eigenvalue weighted by atomic mass is 9.72. The van der Waals surface area contributed by atoms with Gasteiger partial charge in [-0.1, -0.05) is 25.5 Å². The van der Waals surface area contributed by atoms with Crippen LogP contribution in [0.25, 0.3) is 11.2 Å². The minimum absolute atomic E-state index is 0.00870. The van der Waals surface area contributed by atoms with Crippen molar-refractivity contribution in [3.8, 4) is 5.69 Å². The first-order valence-electron chi connectivity index (χ1n) is 14.7. The van der Waals surface area contributed by atoms with Gasteiger partial charge in [0.15, 0.2) is 0 Å². The first kappa shape index (κ1) is 27.8. The average Bonchev–Trinajstić information content (AvgIpc) is 3.50. The van der Waals surface area contributed by atoms with Crippen molar-refractivity contribution in [3.63, 3.8) is 0 Å². The second kappa shape index (κ2) is 10.8. The van der Waals surface area contributed by atoms with E-state index < -0.39 is 17.4 Å². The summed E-state index contributed by atoms with van der Waals surface area (Å²) in [6.45, 7) is 8.42. The molecule has 0 amide bonds. The third-order valence-corrected chi connectivity index (χ3v) is 8.84. The first-order chi connectivity index (χ1) is 19.6. The Morgan fingerprint density at radius 3 is 2.56 bits per heavy atom. The highest BCUT2D eigenvalue weighted by atomic mass is 19.4. The van der Waals surface area contributed by atoms with E-state index in [0.29, 0.717) is 29.6 Å². The zero-order chi connectivity index (χ0) is 28.9. The maximum atomic E-state index is 14.3. The molecule has 4 aromatic rings. The topological polar surface area (TPSA) is 60.4 Å². The van der Waals surface area contributed by atoms with Crippen LogP contribution in [0.4, 0.5) is 13.2 Å². The number of alkyl halides is 3. The summed E-state index contributed by atoms with van der Waals surface area (Å²) in [5, 5.41) is 8.67. The Balaban J connectivity index is 1.42. The summed E-state index contributed by atoms with van der Waals surface area (Å²) in [6, 6.07) is 8.99. The lowest BCUT2D eigenvalue weighted by molar-refractivity contribution is -0.136. The van der Waals surface area contributed by atoms with Crippen LogP contribution in [0.1, 0.15) is 87.3 Å². The van der Waals surface area contributed by atoms with Gasteiger partial charge in [-0.3, -0.25) is 13.9 Å². The third-order valence-electron chi connectivity index (χ3n) is 8.84. The minimum Gasteiger partial charge on any atom is -0.315 e. The molecule has 1 saturated heterocycles. The molecule has 2 fully saturated rings. The lowest BCUT2D eigenvalue weighted by Gasteiger charge is -2.34. The summed E-state index contributed by atoms with van der Waals surface area (Å²) >= 11 is 0. The molecule has 0 N–H and O–H groups in total. The van der Waals surface area contributed by atoms with E-state index in [4.69, 9.17) is 0 Å². The molecule has 1 saturated carbocycles. The molecule has 41 heavy (non-hydrogen) atoms. The highest BCUT2D eigenvalue weighted by molar-refractivity contribution is 5.58. The van der Waals surface area contributed by atoms with Gasteiger partial charge >= 0.3 is 11.9 Å². The molecule has 1 aliphatic carbocycles. The number of nitrogens with zero attached hydrogens (tertiary/aromatic N) is 6. The monoisotopic (exact) mass is 566 g/mol. The molecule has 2 atom stereocenters. The fourth-order valence-electron chi connectivity index (χ4n) is 6.58. The standard InChI is InChI=1S/C31H37F3N6O/c1-20(2)40-19-35-36-29(40)28(23-8-4-9-23)24-10-5-11-25(14-24)38-18-27-26(31(32,33)34)13-22(17-39(27)30(38)41)16-37-12-6-7-21(3)15-37/h5,10-11,13-14,17-21,23,28H,4,6-9,12,15-16H2,1-3H3/t21-,28?/m0/s1. The average molecular weight is 567 g/mol. The van der Waals surface area contributed by atoms with Gasteiger partial charge in [0.2, 0.25) is 0 Å². The molecule has 1 unspecified atom stereocenters. The van der Waals surface area contributed by atoms with Gasteiger partial charge in [-0.25, -0.2) is 4.79 Å². The maximum absolute atomic E-state index is 14.3. The van der Waals surface area contributed by atoms with Gasteiger partial charge in [0.1, 0.15) is 12.2 Å². The predicted molar refractivity (Wildman–Crippen MR) is 151 cm³/mol. The zero-order valence-electron chi connectivity index (χ0n) is 23.8. The Hall–Kier alpha value is -3.40. The maximum Gasteiger partial charge on any atom is 0.418 e. The van der Waals surface area contributed by atoms with E-state index in [2.05, 4.69) is 40.4 Å². The van der Waals surface area contributed by atoms with E-state index in [1.165, 1.54) is 16.8 Å². The van der Waals surface area contributed by atoms with Crippen molar-refractivity contribution in [1.82, 2.24) is 28.6 Å². The van der Waals surface area contributed by atoms with E-state index in [1.807, 2.05) is 18.2 Å². The zero-order valence-corrected chi connectivity index (χ0v) is 23.8. The molecule has 1 aromatic carbocycles. The number of aromatic nitrogens is 5. The number of halogens is 3. The molecule has 3 aromatic heterocycles. The number of benzene rings is 1. The van der Waals surface area contributed by atoms with Crippen LogP contribution in [0.15, 0.2) is 53.8 Å². The largest absolute Gasteiger partial charge is 0.418 e. The highest BCUT2D eigenvalue weighted by Crippen LogP contribution is 2.43. The molecule has 4 heterocycles. The first-order valence-corrected chi connectivity index (χ1v) is 14.7. The molecule has 10 heteroatoms. The van der Waals surface area contributed by atoms with Gasteiger partial charge in [-0.05, 0) is 87.2 Å². The number of hydrogen-bond donors (Lipinski definition) is 0. The number of fused-ring (bicyclic) bond motifs is 1. The molecule has 0 bridgehead atoms. The van der Waals surface area contributed by atoms with E-state index >= 15 is 0 Å². The van der Waals surface area contributed by atoms with Gasteiger partial charge in [0, 0.05) is 37.4 Å². The molecular weight excluding hydrogens is 529 g/mol. The molecule has 7 nitrogen and oxygen atoms in total. The number of likely N-dealkylation sites (tertiary alicyclic amines) is 1. The predicted octanol–water partition coefficient (Wildman–Crippen LogP) is 6.45. The number of imidazole rings is 1. The van der Waals surface area contributed by atoms with Gasteiger partial charge < -0.3 is 4.57 Å². The van der Waals surface area contributed by atoms with Crippen LogP contribution in [0.3, 0.4) is 0 Å². The van der Waals surface area contributed by atoms with Crippen LogP contribution in [-0.2, 0) is 12.7 Å². The second-order valence-corrected chi connectivity index (χ2v) is 12.2. The van der Waals surface area contributed by atoms with Gasteiger partial charge in [-0.15, -0.1) is 10.2 Å². The Kier molecular flexibility index (Phi) is 7.30. The van der Waals surface area contributed by atoms with Gasteiger partial charge in [0.25, 0.3) is 0 Å².